The van der Waals surface area contributed by atoms with Gasteiger partial charge in [0, 0.05) is 16.6 Å². The lowest BCUT2D eigenvalue weighted by Crippen LogP contribution is -2.27. The Kier molecular flexibility index (Phi) is 6.72. The van der Waals surface area contributed by atoms with Gasteiger partial charge in [-0.15, -0.1) is 0 Å². The normalized spacial score (nSPS) is 17.1. The zero-order chi connectivity index (χ0) is 24.7. The van der Waals surface area contributed by atoms with Crippen molar-refractivity contribution in [2.45, 2.75) is 44.4 Å². The number of halogens is 1. The molecule has 35 heavy (non-hydrogen) atoms. The third kappa shape index (κ3) is 4.88. The summed E-state index contributed by atoms with van der Waals surface area (Å²) in [7, 11) is -2.97. The fourth-order valence-corrected chi connectivity index (χ4v) is 7.36. The van der Waals surface area contributed by atoms with Crippen LogP contribution in [0.15, 0.2) is 47.0 Å². The zero-order valence-electron chi connectivity index (χ0n) is 20.0. The summed E-state index contributed by atoms with van der Waals surface area (Å²) in [6.45, 7) is 3.86. The van der Waals surface area contributed by atoms with Crippen molar-refractivity contribution in [3.63, 3.8) is 0 Å². The molecule has 1 aliphatic rings. The molecule has 0 aliphatic carbocycles. The Balaban J connectivity index is 1.61. The third-order valence-corrected chi connectivity index (χ3v) is 9.75. The zero-order valence-corrected chi connectivity index (χ0v) is 22.4. The Morgan fingerprint density at radius 3 is 2.49 bits per heavy atom. The van der Waals surface area contributed by atoms with Crippen LogP contribution in [0.5, 0.6) is 0 Å². The number of hydrogen-bond donors (Lipinski definition) is 0. The fraction of sp³-hybridized carbons (Fsp3) is 0.385. The number of benzene rings is 2. The minimum atomic E-state index is -2.97. The van der Waals surface area contributed by atoms with Gasteiger partial charge in [0.1, 0.15) is 21.4 Å². The van der Waals surface area contributed by atoms with E-state index in [-0.39, 0.29) is 22.8 Å². The maximum atomic E-state index is 12.2. The Labute approximate surface area is 215 Å². The maximum absolute atomic E-state index is 12.2. The molecule has 5 rings (SSSR count). The molecule has 0 radical (unpaired) electrons. The molecular weight excluding hydrogens is 502 g/mol. The molecule has 0 N–H and O–H groups in total. The molecular formula is C26H28ClN3O3S2. The summed E-state index contributed by atoms with van der Waals surface area (Å²) in [5, 5.41) is 4.94. The van der Waals surface area contributed by atoms with E-state index in [0.29, 0.717) is 12.8 Å². The van der Waals surface area contributed by atoms with Gasteiger partial charge in [-0.1, -0.05) is 35.0 Å². The standard InChI is InChI=1S/C26H28ClN3O3S2/c1-16-25(17(2)33-29-16)19-6-9-23-22(15-19)28-26(30(23)21-10-12-35(31,32)13-11-21)24(34-3)14-18-4-7-20(27)8-5-18/h4-9,15,21,24H,10-14H2,1-3H3. The van der Waals surface area contributed by atoms with E-state index >= 15 is 0 Å². The smallest absolute Gasteiger partial charge is 0.150 e. The lowest BCUT2D eigenvalue weighted by molar-refractivity contribution is 0.393. The van der Waals surface area contributed by atoms with E-state index in [4.69, 9.17) is 21.1 Å². The molecule has 9 heteroatoms. The first-order valence-electron chi connectivity index (χ1n) is 11.7. The maximum Gasteiger partial charge on any atom is 0.150 e. The van der Waals surface area contributed by atoms with Gasteiger partial charge in [0.25, 0.3) is 0 Å². The van der Waals surface area contributed by atoms with Crippen LogP contribution in [-0.4, -0.2) is 40.9 Å². The summed E-state index contributed by atoms with van der Waals surface area (Å²) in [5.74, 6) is 2.20. The van der Waals surface area contributed by atoms with E-state index in [1.807, 2.05) is 26.0 Å². The highest BCUT2D eigenvalue weighted by atomic mass is 35.5. The predicted octanol–water partition coefficient (Wildman–Crippen LogP) is 6.36. The summed E-state index contributed by atoms with van der Waals surface area (Å²) >= 11 is 7.86. The SMILES string of the molecule is CSC(Cc1ccc(Cl)cc1)c1nc2cc(-c3c(C)noc3C)ccc2n1C1CCS(=O)(=O)CC1. The summed E-state index contributed by atoms with van der Waals surface area (Å²) in [5.41, 5.74) is 6.00. The van der Waals surface area contributed by atoms with Crippen molar-refractivity contribution in [2.24, 2.45) is 0 Å². The summed E-state index contributed by atoms with van der Waals surface area (Å²) in [6, 6.07) is 14.3. The van der Waals surface area contributed by atoms with Crippen molar-refractivity contribution < 1.29 is 12.9 Å². The number of hydrogen-bond acceptors (Lipinski definition) is 6. The van der Waals surface area contributed by atoms with E-state index in [9.17, 15) is 8.42 Å². The van der Waals surface area contributed by atoms with E-state index in [0.717, 1.165) is 50.9 Å². The highest BCUT2D eigenvalue weighted by molar-refractivity contribution is 7.98. The van der Waals surface area contributed by atoms with Crippen molar-refractivity contribution in [1.29, 1.82) is 0 Å². The van der Waals surface area contributed by atoms with Crippen LogP contribution in [0.25, 0.3) is 22.2 Å². The van der Waals surface area contributed by atoms with Gasteiger partial charge < -0.3 is 9.09 Å². The van der Waals surface area contributed by atoms with Gasteiger partial charge in [0.15, 0.2) is 0 Å². The lowest BCUT2D eigenvalue weighted by atomic mass is 10.0. The monoisotopic (exact) mass is 529 g/mol. The first-order chi connectivity index (χ1) is 16.8. The van der Waals surface area contributed by atoms with Gasteiger partial charge in [-0.05, 0) is 74.8 Å². The van der Waals surface area contributed by atoms with E-state index < -0.39 is 9.84 Å². The number of aromatic nitrogens is 3. The molecule has 1 unspecified atom stereocenters. The molecule has 0 bridgehead atoms. The second kappa shape index (κ2) is 9.64. The second-order valence-corrected chi connectivity index (χ2v) is 13.0. The van der Waals surface area contributed by atoms with Crippen LogP contribution in [0.2, 0.25) is 5.02 Å². The molecule has 0 saturated carbocycles. The highest BCUT2D eigenvalue weighted by Gasteiger charge is 2.30. The number of nitrogens with zero attached hydrogens (tertiary/aromatic N) is 3. The van der Waals surface area contributed by atoms with Crippen molar-refractivity contribution in [2.75, 3.05) is 17.8 Å². The van der Waals surface area contributed by atoms with E-state index in [2.05, 4.69) is 46.3 Å². The Morgan fingerprint density at radius 2 is 1.86 bits per heavy atom. The van der Waals surface area contributed by atoms with Gasteiger partial charge in [0.05, 0.1) is 33.5 Å². The Morgan fingerprint density at radius 1 is 1.14 bits per heavy atom. The molecule has 184 valence electrons. The number of aryl methyl sites for hydroxylation is 2. The minimum Gasteiger partial charge on any atom is -0.361 e. The van der Waals surface area contributed by atoms with Crippen molar-refractivity contribution in [1.82, 2.24) is 14.7 Å². The van der Waals surface area contributed by atoms with Crippen molar-refractivity contribution >= 4 is 44.2 Å². The molecule has 1 aliphatic heterocycles. The summed E-state index contributed by atoms with van der Waals surface area (Å²) in [6.07, 6.45) is 4.12. The van der Waals surface area contributed by atoms with Gasteiger partial charge in [-0.2, -0.15) is 11.8 Å². The molecule has 1 saturated heterocycles. The van der Waals surface area contributed by atoms with Crippen molar-refractivity contribution in [3.05, 3.63) is 70.3 Å². The molecule has 1 fully saturated rings. The number of rotatable bonds is 6. The fourth-order valence-electron chi connectivity index (χ4n) is 5.03. The summed E-state index contributed by atoms with van der Waals surface area (Å²) in [4.78, 5) is 5.15. The molecule has 2 aromatic heterocycles. The Hall–Kier alpha value is -2.29. The molecule has 0 spiro atoms. The first-order valence-corrected chi connectivity index (χ1v) is 15.2. The van der Waals surface area contributed by atoms with Crippen LogP contribution in [0.3, 0.4) is 0 Å². The van der Waals surface area contributed by atoms with Gasteiger partial charge in [0.2, 0.25) is 0 Å². The minimum absolute atomic E-state index is 0.100. The van der Waals surface area contributed by atoms with Gasteiger partial charge in [-0.25, -0.2) is 13.4 Å². The average molecular weight is 530 g/mol. The molecule has 6 nitrogen and oxygen atoms in total. The summed E-state index contributed by atoms with van der Waals surface area (Å²) < 4.78 is 32.0. The quantitative estimate of drug-likeness (QED) is 0.289. The van der Waals surface area contributed by atoms with Crippen LogP contribution in [0.1, 0.15) is 47.0 Å². The molecule has 3 heterocycles. The Bertz CT molecular complexity index is 1440. The van der Waals surface area contributed by atoms with Crippen LogP contribution in [0.4, 0.5) is 0 Å². The van der Waals surface area contributed by atoms with Crippen LogP contribution >= 0.6 is 23.4 Å². The van der Waals surface area contributed by atoms with Crippen LogP contribution < -0.4 is 0 Å². The molecule has 1 atom stereocenters. The van der Waals surface area contributed by atoms with Crippen LogP contribution in [0, 0.1) is 13.8 Å². The molecule has 0 amide bonds. The third-order valence-electron chi connectivity index (χ3n) is 6.83. The van der Waals surface area contributed by atoms with Crippen molar-refractivity contribution in [3.8, 4) is 11.1 Å². The van der Waals surface area contributed by atoms with Crippen LogP contribution in [-0.2, 0) is 16.3 Å². The lowest BCUT2D eigenvalue weighted by Gasteiger charge is -2.27. The number of fused-ring (bicyclic) bond motifs is 1. The highest BCUT2D eigenvalue weighted by Crippen LogP contribution is 2.39. The van der Waals surface area contributed by atoms with Gasteiger partial charge >= 0.3 is 0 Å². The first kappa shape index (κ1) is 24.4. The number of imidazole rings is 1. The largest absolute Gasteiger partial charge is 0.361 e. The predicted molar refractivity (Wildman–Crippen MR) is 143 cm³/mol. The van der Waals surface area contributed by atoms with Gasteiger partial charge in [-0.3, -0.25) is 0 Å². The van der Waals surface area contributed by atoms with E-state index in [1.165, 1.54) is 5.56 Å². The second-order valence-electron chi connectivity index (χ2n) is 9.18. The molecule has 4 aromatic rings. The number of thioether (sulfide) groups is 1. The molecule has 2 aromatic carbocycles. The topological polar surface area (TPSA) is 78.0 Å². The average Bonchev–Trinajstić information content (AvgIpc) is 3.37. The van der Waals surface area contributed by atoms with E-state index in [1.54, 1.807) is 11.8 Å². The number of sulfone groups is 1.